The standard InChI is InChI=1S/C19H24F2N4O3S.HI/c1-3-23-19(24-12-15-5-4-6-17(11-15)29(22,26)27)25(2)13-14-7-9-16(10-8-14)28-18(20)21;/h4-11,18H,3,12-13H2,1-2H3,(H,23,24)(H2,22,26,27);1H. The summed E-state index contributed by atoms with van der Waals surface area (Å²) in [5.74, 6) is 0.711. The third kappa shape index (κ3) is 8.40. The minimum absolute atomic E-state index is 0. The van der Waals surface area contributed by atoms with Crippen molar-refractivity contribution < 1.29 is 21.9 Å². The summed E-state index contributed by atoms with van der Waals surface area (Å²) in [6.45, 7) is 0.460. The Morgan fingerprint density at radius 3 is 2.43 bits per heavy atom. The number of aliphatic imine (C=N–C) groups is 1. The van der Waals surface area contributed by atoms with Crippen molar-refractivity contribution in [1.82, 2.24) is 10.2 Å². The summed E-state index contributed by atoms with van der Waals surface area (Å²) in [5, 5.41) is 8.33. The molecule has 0 unspecified atom stereocenters. The van der Waals surface area contributed by atoms with Crippen LogP contribution in [0.25, 0.3) is 0 Å². The highest BCUT2D eigenvalue weighted by atomic mass is 127. The molecule has 0 amide bonds. The molecule has 0 atom stereocenters. The number of halogens is 3. The summed E-state index contributed by atoms with van der Waals surface area (Å²) < 4.78 is 51.8. The molecule has 0 radical (unpaired) electrons. The Hall–Kier alpha value is -1.99. The lowest BCUT2D eigenvalue weighted by Crippen LogP contribution is -2.38. The molecule has 0 aromatic heterocycles. The molecule has 2 aromatic carbocycles. The summed E-state index contributed by atoms with van der Waals surface area (Å²) in [7, 11) is -1.93. The molecule has 0 spiro atoms. The van der Waals surface area contributed by atoms with E-state index >= 15 is 0 Å². The van der Waals surface area contributed by atoms with Gasteiger partial charge in [0.2, 0.25) is 10.0 Å². The number of guanidine groups is 1. The zero-order valence-electron chi connectivity index (χ0n) is 16.6. The fourth-order valence-electron chi connectivity index (χ4n) is 2.58. The van der Waals surface area contributed by atoms with E-state index in [0.717, 1.165) is 5.56 Å². The Morgan fingerprint density at radius 2 is 1.87 bits per heavy atom. The van der Waals surface area contributed by atoms with E-state index in [4.69, 9.17) is 5.14 Å². The van der Waals surface area contributed by atoms with E-state index in [1.807, 2.05) is 18.9 Å². The molecule has 0 aliphatic carbocycles. The molecule has 3 N–H and O–H groups in total. The van der Waals surface area contributed by atoms with Gasteiger partial charge < -0.3 is 15.0 Å². The smallest absolute Gasteiger partial charge is 0.387 e. The van der Waals surface area contributed by atoms with Crippen LogP contribution in [0, 0.1) is 0 Å². The van der Waals surface area contributed by atoms with E-state index in [1.165, 1.54) is 24.3 Å². The lowest BCUT2D eigenvalue weighted by Gasteiger charge is -2.22. The van der Waals surface area contributed by atoms with Gasteiger partial charge in [-0.15, -0.1) is 24.0 Å². The SMILES string of the molecule is CCNC(=NCc1cccc(S(N)(=O)=O)c1)N(C)Cc1ccc(OC(F)F)cc1.I. The van der Waals surface area contributed by atoms with Gasteiger partial charge in [-0.05, 0) is 42.3 Å². The fraction of sp³-hybridized carbons (Fsp3) is 0.316. The topological polar surface area (TPSA) is 97.0 Å². The number of benzene rings is 2. The van der Waals surface area contributed by atoms with Crippen molar-refractivity contribution in [2.24, 2.45) is 10.1 Å². The highest BCUT2D eigenvalue weighted by Crippen LogP contribution is 2.16. The number of nitrogens with one attached hydrogen (secondary N) is 1. The summed E-state index contributed by atoms with van der Waals surface area (Å²) in [4.78, 5) is 6.44. The van der Waals surface area contributed by atoms with E-state index in [0.29, 0.717) is 24.6 Å². The fourth-order valence-corrected chi connectivity index (χ4v) is 3.17. The molecule has 0 saturated heterocycles. The second-order valence-electron chi connectivity index (χ2n) is 6.24. The molecule has 0 fully saturated rings. The molecule has 2 aromatic rings. The van der Waals surface area contributed by atoms with Gasteiger partial charge in [0.15, 0.2) is 5.96 Å². The first-order valence-corrected chi connectivity index (χ1v) is 10.4. The largest absolute Gasteiger partial charge is 0.435 e. The van der Waals surface area contributed by atoms with Crippen LogP contribution in [-0.4, -0.2) is 39.5 Å². The molecular formula is C19H25F2IN4O3S. The van der Waals surface area contributed by atoms with Gasteiger partial charge in [-0.25, -0.2) is 18.5 Å². The van der Waals surface area contributed by atoms with Gasteiger partial charge in [-0.1, -0.05) is 24.3 Å². The number of primary sulfonamides is 1. The third-order valence-electron chi connectivity index (χ3n) is 3.90. The molecule has 0 bridgehead atoms. The Morgan fingerprint density at radius 1 is 1.20 bits per heavy atom. The predicted molar refractivity (Wildman–Crippen MR) is 123 cm³/mol. The average Bonchev–Trinajstić information content (AvgIpc) is 2.65. The van der Waals surface area contributed by atoms with Gasteiger partial charge in [0.25, 0.3) is 0 Å². The minimum Gasteiger partial charge on any atom is -0.435 e. The van der Waals surface area contributed by atoms with Crippen LogP contribution in [0.1, 0.15) is 18.1 Å². The van der Waals surface area contributed by atoms with Crippen LogP contribution in [0.4, 0.5) is 8.78 Å². The Labute approximate surface area is 192 Å². The van der Waals surface area contributed by atoms with Crippen molar-refractivity contribution in [2.75, 3.05) is 13.6 Å². The van der Waals surface area contributed by atoms with E-state index in [9.17, 15) is 17.2 Å². The number of nitrogens with two attached hydrogens (primary N) is 1. The molecule has 11 heteroatoms. The van der Waals surface area contributed by atoms with E-state index in [1.54, 1.807) is 24.3 Å². The highest BCUT2D eigenvalue weighted by molar-refractivity contribution is 14.0. The zero-order valence-corrected chi connectivity index (χ0v) is 19.7. The maximum atomic E-state index is 12.2. The summed E-state index contributed by atoms with van der Waals surface area (Å²) >= 11 is 0. The van der Waals surface area contributed by atoms with Crippen molar-refractivity contribution in [1.29, 1.82) is 0 Å². The van der Waals surface area contributed by atoms with Gasteiger partial charge in [-0.3, -0.25) is 0 Å². The van der Waals surface area contributed by atoms with Crippen molar-refractivity contribution >= 4 is 40.0 Å². The molecule has 7 nitrogen and oxygen atoms in total. The van der Waals surface area contributed by atoms with Crippen molar-refractivity contribution in [3.8, 4) is 5.75 Å². The zero-order chi connectivity index (χ0) is 21.4. The molecule has 30 heavy (non-hydrogen) atoms. The Bertz CT molecular complexity index is 941. The van der Waals surface area contributed by atoms with Crippen LogP contribution in [-0.2, 0) is 23.1 Å². The molecule has 0 saturated carbocycles. The first-order valence-electron chi connectivity index (χ1n) is 8.84. The van der Waals surface area contributed by atoms with Crippen LogP contribution >= 0.6 is 24.0 Å². The number of ether oxygens (including phenoxy) is 1. The van der Waals surface area contributed by atoms with Crippen molar-refractivity contribution in [3.05, 3.63) is 59.7 Å². The van der Waals surface area contributed by atoms with Crippen molar-refractivity contribution in [3.63, 3.8) is 0 Å². The van der Waals surface area contributed by atoms with E-state index < -0.39 is 16.6 Å². The number of hydrogen-bond acceptors (Lipinski definition) is 4. The van der Waals surface area contributed by atoms with Crippen LogP contribution in [0.2, 0.25) is 0 Å². The predicted octanol–water partition coefficient (Wildman–Crippen LogP) is 3.15. The monoisotopic (exact) mass is 554 g/mol. The average molecular weight is 554 g/mol. The number of nitrogens with zero attached hydrogens (tertiary/aromatic N) is 2. The maximum Gasteiger partial charge on any atom is 0.387 e. The Balaban J connectivity index is 0.00000450. The third-order valence-corrected chi connectivity index (χ3v) is 4.81. The second kappa shape index (κ2) is 12.0. The molecular weight excluding hydrogens is 529 g/mol. The van der Waals surface area contributed by atoms with Gasteiger partial charge in [0.1, 0.15) is 5.75 Å². The van der Waals surface area contributed by atoms with Gasteiger partial charge >= 0.3 is 6.61 Å². The van der Waals surface area contributed by atoms with E-state index in [-0.39, 0.29) is 41.2 Å². The molecule has 166 valence electrons. The lowest BCUT2D eigenvalue weighted by atomic mass is 10.2. The normalized spacial score (nSPS) is 11.7. The first kappa shape index (κ1) is 26.0. The van der Waals surface area contributed by atoms with E-state index in [2.05, 4.69) is 15.0 Å². The van der Waals surface area contributed by atoms with Crippen LogP contribution in [0.15, 0.2) is 58.4 Å². The number of sulfonamides is 1. The quantitative estimate of drug-likeness (QED) is 0.297. The minimum atomic E-state index is -3.77. The van der Waals surface area contributed by atoms with Gasteiger partial charge in [-0.2, -0.15) is 8.78 Å². The molecule has 0 aliphatic heterocycles. The van der Waals surface area contributed by atoms with Gasteiger partial charge in [0, 0.05) is 20.1 Å². The van der Waals surface area contributed by atoms with Crippen molar-refractivity contribution in [2.45, 2.75) is 31.5 Å². The second-order valence-corrected chi connectivity index (χ2v) is 7.80. The summed E-state index contributed by atoms with van der Waals surface area (Å²) in [6.07, 6.45) is 0. The summed E-state index contributed by atoms with van der Waals surface area (Å²) in [6, 6.07) is 12.7. The number of hydrogen-bond donors (Lipinski definition) is 2. The highest BCUT2D eigenvalue weighted by Gasteiger charge is 2.10. The van der Waals surface area contributed by atoms with Crippen LogP contribution in [0.5, 0.6) is 5.75 Å². The maximum absolute atomic E-state index is 12.2. The van der Waals surface area contributed by atoms with Gasteiger partial charge in [0.05, 0.1) is 11.4 Å². The number of rotatable bonds is 8. The number of alkyl halides is 2. The molecule has 0 aliphatic rings. The molecule has 2 rings (SSSR count). The Kier molecular flexibility index (Phi) is 10.4. The molecule has 0 heterocycles. The first-order chi connectivity index (χ1) is 13.7. The van der Waals surface area contributed by atoms with Crippen LogP contribution < -0.4 is 15.2 Å². The van der Waals surface area contributed by atoms with Crippen LogP contribution in [0.3, 0.4) is 0 Å². The lowest BCUT2D eigenvalue weighted by molar-refractivity contribution is -0.0498. The summed E-state index contributed by atoms with van der Waals surface area (Å²) in [5.41, 5.74) is 1.59.